The molecule has 6 heteroatoms. The molecule has 0 bridgehead atoms. The Morgan fingerprint density at radius 2 is 1.42 bits per heavy atom. The van der Waals surface area contributed by atoms with Gasteiger partial charge in [-0.1, -0.05) is 12.1 Å². The Morgan fingerprint density at radius 3 is 1.96 bits per heavy atom. The van der Waals surface area contributed by atoms with Crippen LogP contribution < -0.4 is 20.1 Å². The second-order valence-electron chi connectivity index (χ2n) is 5.85. The highest BCUT2D eigenvalue weighted by Gasteiger charge is 2.17. The van der Waals surface area contributed by atoms with Crippen molar-refractivity contribution in [2.24, 2.45) is 0 Å². The Balaban J connectivity index is 1.91. The van der Waals surface area contributed by atoms with Gasteiger partial charge in [0.05, 0.1) is 14.2 Å². The van der Waals surface area contributed by atoms with Crippen LogP contribution in [0.1, 0.15) is 31.8 Å². The average Bonchev–Trinajstić information content (AvgIpc) is 2.66. The van der Waals surface area contributed by atoms with E-state index in [1.54, 1.807) is 24.3 Å². The summed E-state index contributed by atoms with van der Waals surface area (Å²) >= 11 is 0. The minimum atomic E-state index is -0.320. The lowest BCUT2D eigenvalue weighted by molar-refractivity contribution is 0.0924. The van der Waals surface area contributed by atoms with Crippen molar-refractivity contribution in [1.29, 1.82) is 0 Å². The number of aryl methyl sites for hydroxylation is 2. The van der Waals surface area contributed by atoms with Crippen molar-refractivity contribution < 1.29 is 19.1 Å². The summed E-state index contributed by atoms with van der Waals surface area (Å²) in [6.45, 7) is 4.57. The first-order valence-corrected chi connectivity index (χ1v) is 8.32. The number of hydrogen-bond donors (Lipinski definition) is 2. The lowest BCUT2D eigenvalue weighted by Crippen LogP contribution is -2.35. The number of carbonyl (C=O) groups excluding carboxylic acids is 2. The highest BCUT2D eigenvalue weighted by atomic mass is 16.5. The van der Waals surface area contributed by atoms with Crippen LogP contribution in [0.25, 0.3) is 0 Å². The van der Waals surface area contributed by atoms with Crippen molar-refractivity contribution >= 4 is 11.8 Å². The van der Waals surface area contributed by atoms with Crippen molar-refractivity contribution in [3.05, 3.63) is 58.7 Å². The minimum absolute atomic E-state index is 0.169. The van der Waals surface area contributed by atoms with Gasteiger partial charge in [0.25, 0.3) is 11.8 Å². The summed E-state index contributed by atoms with van der Waals surface area (Å²) in [7, 11) is 2.99. The maximum Gasteiger partial charge on any atom is 0.258 e. The average molecular weight is 356 g/mol. The first-order chi connectivity index (χ1) is 12.5. The van der Waals surface area contributed by atoms with Crippen LogP contribution in [0.4, 0.5) is 0 Å². The Hall–Kier alpha value is -3.02. The number of rotatable bonds is 7. The number of carbonyl (C=O) groups is 2. The second kappa shape index (κ2) is 8.89. The molecule has 0 aromatic heterocycles. The van der Waals surface area contributed by atoms with Crippen LogP contribution in [0.15, 0.2) is 36.4 Å². The molecule has 2 aromatic rings. The van der Waals surface area contributed by atoms with Crippen molar-refractivity contribution in [1.82, 2.24) is 10.6 Å². The van der Waals surface area contributed by atoms with Crippen LogP contribution in [0.3, 0.4) is 0 Å². The Bertz CT molecular complexity index is 780. The lowest BCUT2D eigenvalue weighted by Gasteiger charge is -2.13. The number of ether oxygens (including phenoxy) is 2. The van der Waals surface area contributed by atoms with Gasteiger partial charge in [0, 0.05) is 18.7 Å². The standard InChI is InChI=1S/C20H24N2O4/c1-13-8-9-15(12-14(13)2)19(23)21-10-11-22-20(24)18-16(25-3)6-5-7-17(18)26-4/h5-9,12H,10-11H2,1-4H3,(H,21,23)(H,22,24). The Kier molecular flexibility index (Phi) is 6.60. The van der Waals surface area contributed by atoms with Crippen molar-refractivity contribution in [2.75, 3.05) is 27.3 Å². The topological polar surface area (TPSA) is 76.7 Å². The highest BCUT2D eigenvalue weighted by molar-refractivity contribution is 5.99. The quantitative estimate of drug-likeness (QED) is 0.747. The first-order valence-electron chi connectivity index (χ1n) is 8.32. The second-order valence-corrected chi connectivity index (χ2v) is 5.85. The van der Waals surface area contributed by atoms with Crippen molar-refractivity contribution in [2.45, 2.75) is 13.8 Å². The summed E-state index contributed by atoms with van der Waals surface area (Å²) in [5.41, 5.74) is 3.14. The molecule has 0 unspecified atom stereocenters. The zero-order valence-corrected chi connectivity index (χ0v) is 15.5. The van der Waals surface area contributed by atoms with E-state index in [2.05, 4.69) is 10.6 Å². The SMILES string of the molecule is COc1cccc(OC)c1C(=O)NCCNC(=O)c1ccc(C)c(C)c1. The van der Waals surface area contributed by atoms with Gasteiger partial charge >= 0.3 is 0 Å². The molecule has 0 atom stereocenters. The van der Waals surface area contributed by atoms with Crippen LogP contribution in [0.2, 0.25) is 0 Å². The fraction of sp³-hybridized carbons (Fsp3) is 0.300. The summed E-state index contributed by atoms with van der Waals surface area (Å²) < 4.78 is 10.4. The van der Waals surface area contributed by atoms with Gasteiger partial charge in [-0.25, -0.2) is 0 Å². The summed E-state index contributed by atoms with van der Waals surface area (Å²) in [6, 6.07) is 10.7. The zero-order valence-electron chi connectivity index (χ0n) is 15.5. The van der Waals surface area contributed by atoms with E-state index in [0.717, 1.165) is 11.1 Å². The molecule has 0 saturated heterocycles. The smallest absolute Gasteiger partial charge is 0.258 e. The van der Waals surface area contributed by atoms with E-state index in [9.17, 15) is 9.59 Å². The third-order valence-corrected chi connectivity index (χ3v) is 4.12. The van der Waals surface area contributed by atoms with Crippen LogP contribution >= 0.6 is 0 Å². The van der Waals surface area contributed by atoms with Gasteiger partial charge in [-0.2, -0.15) is 0 Å². The van der Waals surface area contributed by atoms with Gasteiger partial charge in [-0.3, -0.25) is 9.59 Å². The van der Waals surface area contributed by atoms with Crippen LogP contribution in [0.5, 0.6) is 11.5 Å². The largest absolute Gasteiger partial charge is 0.496 e. The number of methoxy groups -OCH3 is 2. The maximum atomic E-state index is 12.4. The third kappa shape index (κ3) is 4.53. The molecule has 26 heavy (non-hydrogen) atoms. The molecular weight excluding hydrogens is 332 g/mol. The molecule has 0 heterocycles. The summed E-state index contributed by atoms with van der Waals surface area (Å²) in [5, 5.41) is 5.56. The van der Waals surface area contributed by atoms with Gasteiger partial charge in [0.1, 0.15) is 17.1 Å². The van der Waals surface area contributed by atoms with Gasteiger partial charge in [0.2, 0.25) is 0 Å². The number of amides is 2. The van der Waals surface area contributed by atoms with E-state index in [-0.39, 0.29) is 18.4 Å². The van der Waals surface area contributed by atoms with E-state index < -0.39 is 0 Å². The molecule has 0 aliphatic carbocycles. The zero-order chi connectivity index (χ0) is 19.1. The molecule has 2 rings (SSSR count). The number of hydrogen-bond acceptors (Lipinski definition) is 4. The number of benzene rings is 2. The van der Waals surface area contributed by atoms with Gasteiger partial charge in [0.15, 0.2) is 0 Å². The molecule has 138 valence electrons. The van der Waals surface area contributed by atoms with E-state index in [1.165, 1.54) is 14.2 Å². The van der Waals surface area contributed by atoms with Crippen molar-refractivity contribution in [3.63, 3.8) is 0 Å². The van der Waals surface area contributed by atoms with Gasteiger partial charge < -0.3 is 20.1 Å². The molecule has 0 radical (unpaired) electrons. The molecule has 0 aliphatic heterocycles. The van der Waals surface area contributed by atoms with Gasteiger partial charge in [-0.05, 0) is 49.2 Å². The Labute approximate surface area is 153 Å². The van der Waals surface area contributed by atoms with E-state index in [0.29, 0.717) is 29.2 Å². The van der Waals surface area contributed by atoms with Crippen LogP contribution in [-0.2, 0) is 0 Å². The lowest BCUT2D eigenvalue weighted by atomic mass is 10.1. The fourth-order valence-corrected chi connectivity index (χ4v) is 2.50. The highest BCUT2D eigenvalue weighted by Crippen LogP contribution is 2.27. The molecule has 2 amide bonds. The summed E-state index contributed by atoms with van der Waals surface area (Å²) in [4.78, 5) is 24.6. The first kappa shape index (κ1) is 19.3. The molecule has 2 N–H and O–H groups in total. The Morgan fingerprint density at radius 1 is 0.846 bits per heavy atom. The predicted molar refractivity (Wildman–Crippen MR) is 100 cm³/mol. The molecule has 0 saturated carbocycles. The normalized spacial score (nSPS) is 10.2. The van der Waals surface area contributed by atoms with E-state index in [4.69, 9.17) is 9.47 Å². The molecule has 0 spiro atoms. The monoisotopic (exact) mass is 356 g/mol. The van der Waals surface area contributed by atoms with E-state index >= 15 is 0 Å². The molecule has 2 aromatic carbocycles. The summed E-state index contributed by atoms with van der Waals surface area (Å²) in [5.74, 6) is 0.374. The van der Waals surface area contributed by atoms with E-state index in [1.807, 2.05) is 26.0 Å². The summed E-state index contributed by atoms with van der Waals surface area (Å²) in [6.07, 6.45) is 0. The van der Waals surface area contributed by atoms with Gasteiger partial charge in [-0.15, -0.1) is 0 Å². The molecule has 0 fully saturated rings. The molecular formula is C20H24N2O4. The van der Waals surface area contributed by atoms with Crippen LogP contribution in [-0.4, -0.2) is 39.1 Å². The van der Waals surface area contributed by atoms with Crippen molar-refractivity contribution in [3.8, 4) is 11.5 Å². The van der Waals surface area contributed by atoms with Crippen LogP contribution in [0, 0.1) is 13.8 Å². The third-order valence-electron chi connectivity index (χ3n) is 4.12. The molecule has 6 nitrogen and oxygen atoms in total. The fourth-order valence-electron chi connectivity index (χ4n) is 2.50. The number of nitrogens with one attached hydrogen (secondary N) is 2. The molecule has 0 aliphatic rings. The maximum absolute atomic E-state index is 12.4. The predicted octanol–water partition coefficient (Wildman–Crippen LogP) is 2.48. The minimum Gasteiger partial charge on any atom is -0.496 e.